The highest BCUT2D eigenvalue weighted by Gasteiger charge is 2.26. The molecule has 2 aromatic rings. The van der Waals surface area contributed by atoms with Crippen molar-refractivity contribution in [2.24, 2.45) is 0 Å². The lowest BCUT2D eigenvalue weighted by Gasteiger charge is -2.16. The normalized spacial score (nSPS) is 13.5. The zero-order valence-electron chi connectivity index (χ0n) is 9.85. The number of carbonyl (C=O) groups excluding carboxylic acids is 2. The van der Waals surface area contributed by atoms with Gasteiger partial charge in [0, 0.05) is 7.14 Å². The van der Waals surface area contributed by atoms with E-state index in [1.807, 2.05) is 0 Å². The van der Waals surface area contributed by atoms with E-state index < -0.39 is 11.9 Å². The molecule has 0 saturated carbocycles. The molecule has 20 heavy (non-hydrogen) atoms. The first-order chi connectivity index (χ1) is 9.56. The average molecular weight is 492 g/mol. The quantitative estimate of drug-likeness (QED) is 0.321. The smallest absolute Gasteiger partial charge is 0.347 e. The summed E-state index contributed by atoms with van der Waals surface area (Å²) in [4.78, 5) is 24.3. The van der Waals surface area contributed by atoms with Crippen LogP contribution >= 0.6 is 45.2 Å². The van der Waals surface area contributed by atoms with Gasteiger partial charge in [0.1, 0.15) is 22.6 Å². The molecule has 6 heteroatoms. The van der Waals surface area contributed by atoms with Crippen LogP contribution in [0.2, 0.25) is 0 Å². The van der Waals surface area contributed by atoms with E-state index in [1.165, 1.54) is 0 Å². The van der Waals surface area contributed by atoms with Gasteiger partial charge < -0.3 is 9.47 Å². The minimum absolute atomic E-state index is 0.210. The number of fused-ring (bicyclic) bond motifs is 2. The number of hydrogen-bond acceptors (Lipinski definition) is 4. The second-order valence-electron chi connectivity index (χ2n) is 4.04. The van der Waals surface area contributed by atoms with Gasteiger partial charge in [-0.2, -0.15) is 0 Å². The monoisotopic (exact) mass is 492 g/mol. The molecule has 0 N–H and O–H groups in total. The molecule has 0 unspecified atom stereocenters. The fourth-order valence-corrected chi connectivity index (χ4v) is 2.71. The second kappa shape index (κ2) is 5.32. The van der Waals surface area contributed by atoms with Gasteiger partial charge in [0.2, 0.25) is 0 Å². The molecule has 0 radical (unpaired) electrons. The summed E-state index contributed by atoms with van der Waals surface area (Å²) >= 11 is 4.23. The fraction of sp³-hybridized carbons (Fsp3) is 0. The van der Waals surface area contributed by atoms with Gasteiger partial charge in [-0.05, 0) is 69.4 Å². The van der Waals surface area contributed by atoms with Crippen LogP contribution in [-0.2, 0) is 0 Å². The van der Waals surface area contributed by atoms with E-state index in [0.717, 1.165) is 7.14 Å². The first-order valence-electron chi connectivity index (χ1n) is 5.58. The lowest BCUT2D eigenvalue weighted by molar-refractivity contribution is 0.0668. The SMILES string of the molecule is O=C1Oc2cc(I)c(I)cc2C(=O)Oc2ccccc21. The molecule has 0 fully saturated rings. The van der Waals surface area contributed by atoms with Gasteiger partial charge in [-0.25, -0.2) is 9.59 Å². The van der Waals surface area contributed by atoms with Crippen molar-refractivity contribution in [2.45, 2.75) is 0 Å². The third kappa shape index (κ3) is 2.41. The maximum absolute atomic E-state index is 12.2. The largest absolute Gasteiger partial charge is 0.422 e. The molecule has 1 heterocycles. The Hall–Kier alpha value is -1.16. The lowest BCUT2D eigenvalue weighted by Crippen LogP contribution is -2.20. The summed E-state index contributed by atoms with van der Waals surface area (Å²) in [5, 5.41) is 0. The first kappa shape index (κ1) is 13.8. The van der Waals surface area contributed by atoms with E-state index in [4.69, 9.17) is 9.47 Å². The molecule has 4 nitrogen and oxygen atoms in total. The molecule has 0 saturated heterocycles. The Bertz CT molecular complexity index is 740. The third-order valence-corrected chi connectivity index (χ3v) is 5.57. The van der Waals surface area contributed by atoms with Gasteiger partial charge in [-0.1, -0.05) is 12.1 Å². The zero-order chi connectivity index (χ0) is 14.3. The van der Waals surface area contributed by atoms with Crippen LogP contribution < -0.4 is 9.47 Å². The molecule has 0 amide bonds. The van der Waals surface area contributed by atoms with Crippen molar-refractivity contribution in [1.29, 1.82) is 0 Å². The molecular formula is C14H6I2O4. The molecule has 0 aliphatic carbocycles. The van der Waals surface area contributed by atoms with Crippen molar-refractivity contribution in [2.75, 3.05) is 0 Å². The van der Waals surface area contributed by atoms with Crippen LogP contribution in [0.4, 0.5) is 0 Å². The van der Waals surface area contributed by atoms with E-state index in [9.17, 15) is 9.59 Å². The zero-order valence-corrected chi connectivity index (χ0v) is 14.2. The summed E-state index contributed by atoms with van der Waals surface area (Å²) in [6.45, 7) is 0. The molecule has 3 rings (SSSR count). The van der Waals surface area contributed by atoms with Crippen molar-refractivity contribution in [1.82, 2.24) is 0 Å². The third-order valence-electron chi connectivity index (χ3n) is 2.75. The maximum Gasteiger partial charge on any atom is 0.347 e. The van der Waals surface area contributed by atoms with Crippen molar-refractivity contribution < 1.29 is 19.1 Å². The van der Waals surface area contributed by atoms with Crippen molar-refractivity contribution in [3.05, 3.63) is 54.7 Å². The molecular weight excluding hydrogens is 486 g/mol. The summed E-state index contributed by atoms with van der Waals surface area (Å²) in [5.41, 5.74) is 0.484. The van der Waals surface area contributed by atoms with Crippen LogP contribution in [0.3, 0.4) is 0 Å². The van der Waals surface area contributed by atoms with Crippen LogP contribution in [0.1, 0.15) is 20.7 Å². The summed E-state index contributed by atoms with van der Waals surface area (Å²) < 4.78 is 12.4. The highest BCUT2D eigenvalue weighted by atomic mass is 127. The predicted molar refractivity (Wildman–Crippen MR) is 88.2 cm³/mol. The highest BCUT2D eigenvalue weighted by Crippen LogP contribution is 2.31. The van der Waals surface area contributed by atoms with E-state index in [-0.39, 0.29) is 22.6 Å². The number of carbonyl (C=O) groups is 2. The molecule has 0 atom stereocenters. The van der Waals surface area contributed by atoms with Gasteiger partial charge in [0.15, 0.2) is 0 Å². The Balaban J connectivity index is 2.17. The Kier molecular flexibility index (Phi) is 3.67. The summed E-state index contributed by atoms with van der Waals surface area (Å²) in [5.74, 6) is -0.637. The van der Waals surface area contributed by atoms with Gasteiger partial charge in [0.25, 0.3) is 0 Å². The van der Waals surface area contributed by atoms with Gasteiger partial charge in [0.05, 0.1) is 0 Å². The second-order valence-corrected chi connectivity index (χ2v) is 6.36. The molecule has 2 aromatic carbocycles. The molecule has 0 bridgehead atoms. The fourth-order valence-electron chi connectivity index (χ4n) is 1.81. The van der Waals surface area contributed by atoms with Crippen LogP contribution in [-0.4, -0.2) is 11.9 Å². The minimum Gasteiger partial charge on any atom is -0.422 e. The number of halogens is 2. The molecule has 0 aromatic heterocycles. The van der Waals surface area contributed by atoms with Gasteiger partial charge >= 0.3 is 11.9 Å². The van der Waals surface area contributed by atoms with Gasteiger partial charge in [-0.3, -0.25) is 0 Å². The topological polar surface area (TPSA) is 52.6 Å². The van der Waals surface area contributed by atoms with Gasteiger partial charge in [-0.15, -0.1) is 0 Å². The Morgan fingerprint density at radius 1 is 0.750 bits per heavy atom. The Morgan fingerprint density at radius 2 is 1.35 bits per heavy atom. The number of hydrogen-bond donors (Lipinski definition) is 0. The van der Waals surface area contributed by atoms with E-state index >= 15 is 0 Å². The number of para-hydroxylation sites is 1. The van der Waals surface area contributed by atoms with E-state index in [1.54, 1.807) is 36.4 Å². The Labute approximate surface area is 141 Å². The van der Waals surface area contributed by atoms with Crippen LogP contribution in [0.15, 0.2) is 36.4 Å². The standard InChI is InChI=1S/C14H6I2O4/c15-9-5-8-12(6-10(9)16)20-13(17)7-3-1-2-4-11(7)19-14(8)18/h1-6H. The number of benzene rings is 2. The number of rotatable bonds is 0. The summed E-state index contributed by atoms with van der Waals surface area (Å²) in [6.07, 6.45) is 0. The minimum atomic E-state index is -0.536. The predicted octanol–water partition coefficient (Wildman–Crippen LogP) is 3.65. The number of esters is 2. The van der Waals surface area contributed by atoms with E-state index in [0.29, 0.717) is 0 Å². The van der Waals surface area contributed by atoms with Crippen LogP contribution in [0.25, 0.3) is 0 Å². The summed E-state index contributed by atoms with van der Waals surface area (Å²) in [7, 11) is 0. The van der Waals surface area contributed by atoms with Crippen molar-refractivity contribution >= 4 is 57.1 Å². The molecule has 1 aliphatic rings. The highest BCUT2D eigenvalue weighted by molar-refractivity contribution is 14.1. The van der Waals surface area contributed by atoms with Crippen LogP contribution in [0.5, 0.6) is 11.5 Å². The Morgan fingerprint density at radius 3 is 2.15 bits per heavy atom. The van der Waals surface area contributed by atoms with Crippen LogP contribution in [0, 0.1) is 7.14 Å². The average Bonchev–Trinajstić information content (AvgIpc) is 2.42. The van der Waals surface area contributed by atoms with Crippen molar-refractivity contribution in [3.63, 3.8) is 0 Å². The lowest BCUT2D eigenvalue weighted by atomic mass is 10.1. The molecule has 1 aliphatic heterocycles. The first-order valence-corrected chi connectivity index (χ1v) is 7.74. The van der Waals surface area contributed by atoms with E-state index in [2.05, 4.69) is 45.2 Å². The molecule has 100 valence electrons. The van der Waals surface area contributed by atoms with Crippen molar-refractivity contribution in [3.8, 4) is 11.5 Å². The molecule has 0 spiro atoms. The summed E-state index contributed by atoms with van der Waals surface area (Å²) in [6, 6.07) is 9.82. The number of ether oxygens (including phenoxy) is 2. The maximum atomic E-state index is 12.2.